The molecular formula is C48H42F6N12O4. The van der Waals surface area contributed by atoms with Crippen LogP contribution in [0.4, 0.5) is 26.3 Å². The van der Waals surface area contributed by atoms with E-state index in [1.54, 1.807) is 58.5 Å². The van der Waals surface area contributed by atoms with E-state index in [9.17, 15) is 26.3 Å². The van der Waals surface area contributed by atoms with E-state index < -0.39 is 35.7 Å². The first-order valence-corrected chi connectivity index (χ1v) is 21.6. The maximum Gasteiger partial charge on any atom is 0.416 e. The summed E-state index contributed by atoms with van der Waals surface area (Å²) in [6.07, 6.45) is 2.89. The highest BCUT2D eigenvalue weighted by atomic mass is 19.4. The number of hydrogen-bond donors (Lipinski definition) is 0. The third-order valence-electron chi connectivity index (χ3n) is 11.1. The molecule has 8 aromatic rings. The summed E-state index contributed by atoms with van der Waals surface area (Å²) in [4.78, 5) is 26.4. The largest absolute Gasteiger partial charge is 0.479 e. The van der Waals surface area contributed by atoms with Gasteiger partial charge in [-0.15, -0.1) is 0 Å². The Bertz CT molecular complexity index is 3000. The number of pyridine rings is 2. The monoisotopic (exact) mass is 964 g/mol. The third kappa shape index (κ3) is 10.1. The molecule has 10 rings (SSSR count). The number of methoxy groups -OCH3 is 2. The van der Waals surface area contributed by atoms with Crippen molar-refractivity contribution >= 4 is 24.3 Å². The van der Waals surface area contributed by atoms with Gasteiger partial charge < -0.3 is 28.1 Å². The first-order valence-electron chi connectivity index (χ1n) is 21.6. The molecule has 0 fully saturated rings. The van der Waals surface area contributed by atoms with Gasteiger partial charge in [0, 0.05) is 23.5 Å². The van der Waals surface area contributed by atoms with E-state index in [0.717, 1.165) is 34.9 Å². The number of fused-ring (bicyclic) bond motifs is 2. The number of aryl methyl sites for hydroxylation is 2. The Morgan fingerprint density at radius 2 is 0.971 bits per heavy atom. The molecule has 2 aliphatic heterocycles. The normalized spacial score (nSPS) is 16.0. The minimum Gasteiger partial charge on any atom is -0.479 e. The van der Waals surface area contributed by atoms with Crippen LogP contribution in [0.2, 0.25) is 0 Å². The number of imidazole rings is 2. The molecule has 16 nitrogen and oxygen atoms in total. The summed E-state index contributed by atoms with van der Waals surface area (Å²) < 4.78 is 110. The maximum absolute atomic E-state index is 13.6. The second-order valence-corrected chi connectivity index (χ2v) is 15.8. The zero-order chi connectivity index (χ0) is 49.2. The van der Waals surface area contributed by atoms with Gasteiger partial charge in [0.05, 0.1) is 87.1 Å². The van der Waals surface area contributed by atoms with Gasteiger partial charge in [0.15, 0.2) is 23.3 Å². The highest BCUT2D eigenvalue weighted by Crippen LogP contribution is 2.40. The Morgan fingerprint density at radius 3 is 1.34 bits per heavy atom. The number of rotatable bonds is 10. The molecule has 0 unspecified atom stereocenters. The zero-order valence-corrected chi connectivity index (χ0v) is 37.8. The maximum atomic E-state index is 13.6. The first kappa shape index (κ1) is 47.1. The summed E-state index contributed by atoms with van der Waals surface area (Å²) >= 11 is 0. The van der Waals surface area contributed by atoms with Crippen molar-refractivity contribution in [3.8, 4) is 23.1 Å². The van der Waals surface area contributed by atoms with Crippen LogP contribution in [-0.4, -0.2) is 86.0 Å². The summed E-state index contributed by atoms with van der Waals surface area (Å²) in [5.74, 6) is 2.16. The van der Waals surface area contributed by atoms with Crippen LogP contribution in [0.1, 0.15) is 80.5 Å². The lowest BCUT2D eigenvalue weighted by atomic mass is 10.0. The molecule has 0 saturated heterocycles. The zero-order valence-electron chi connectivity index (χ0n) is 37.8. The molecule has 22 heteroatoms. The van der Waals surface area contributed by atoms with E-state index in [-0.39, 0.29) is 24.3 Å². The average Bonchev–Trinajstić information content (AvgIpc) is 4.19. The van der Waals surface area contributed by atoms with Crippen molar-refractivity contribution in [1.82, 2.24) is 58.6 Å². The summed E-state index contributed by atoms with van der Waals surface area (Å²) in [6.45, 7) is 5.02. The van der Waals surface area contributed by atoms with Gasteiger partial charge in [0.25, 0.3) is 0 Å². The minimum absolute atomic E-state index is 0.0145. The number of alkyl halides is 6. The van der Waals surface area contributed by atoms with E-state index in [1.165, 1.54) is 38.5 Å². The number of aromatic nitrogens is 12. The van der Waals surface area contributed by atoms with Gasteiger partial charge in [-0.1, -0.05) is 36.4 Å². The summed E-state index contributed by atoms with van der Waals surface area (Å²) in [7, 11) is 3.07. The Balaban J connectivity index is 0.000000174. The quantitative estimate of drug-likeness (QED) is 0.120. The van der Waals surface area contributed by atoms with Crippen LogP contribution in [0, 0.1) is 13.8 Å². The van der Waals surface area contributed by atoms with Crippen LogP contribution in [-0.2, 0) is 34.9 Å². The van der Waals surface area contributed by atoms with E-state index in [4.69, 9.17) is 18.9 Å². The van der Waals surface area contributed by atoms with Crippen molar-refractivity contribution in [3.63, 3.8) is 0 Å². The lowest BCUT2D eigenvalue weighted by Gasteiger charge is -2.25. The number of halogens is 6. The fraction of sp³-hybridized carbons (Fsp3) is 0.250. The molecule has 360 valence electrons. The summed E-state index contributed by atoms with van der Waals surface area (Å²) in [5.41, 5.74) is 2.95. The Labute approximate surface area is 395 Å². The van der Waals surface area contributed by atoms with Crippen molar-refractivity contribution in [2.45, 2.75) is 51.5 Å². The lowest BCUT2D eigenvalue weighted by molar-refractivity contribution is -0.140. The summed E-state index contributed by atoms with van der Waals surface area (Å²) in [6, 6.07) is 18.1. The molecule has 0 saturated carbocycles. The molecule has 0 N–H and O–H groups in total. The van der Waals surface area contributed by atoms with Crippen molar-refractivity contribution in [1.29, 1.82) is 0 Å². The molecule has 2 atom stereocenters. The predicted octanol–water partition coefficient (Wildman–Crippen LogP) is 8.97. The predicted molar refractivity (Wildman–Crippen MR) is 242 cm³/mol. The molecule has 6 aromatic heterocycles. The van der Waals surface area contributed by atoms with Crippen LogP contribution in [0.15, 0.2) is 97.8 Å². The van der Waals surface area contributed by atoms with Crippen molar-refractivity contribution in [3.05, 3.63) is 166 Å². The molecule has 2 aromatic carbocycles. The number of nitrogens with zero attached hydrogens (tertiary/aromatic N) is 12. The number of ether oxygens (including phenoxy) is 4. The molecule has 0 amide bonds. The van der Waals surface area contributed by atoms with Crippen LogP contribution in [0.3, 0.4) is 0 Å². The van der Waals surface area contributed by atoms with Gasteiger partial charge in [-0.3, -0.25) is 0 Å². The van der Waals surface area contributed by atoms with E-state index in [0.29, 0.717) is 59.5 Å². The second-order valence-electron chi connectivity index (χ2n) is 15.8. The van der Waals surface area contributed by atoms with Gasteiger partial charge in [0.1, 0.15) is 23.6 Å². The lowest BCUT2D eigenvalue weighted by Crippen LogP contribution is -2.25. The van der Waals surface area contributed by atoms with E-state index in [2.05, 4.69) is 40.1 Å². The van der Waals surface area contributed by atoms with Gasteiger partial charge in [-0.25, -0.2) is 39.3 Å². The highest BCUT2D eigenvalue weighted by Gasteiger charge is 2.39. The molecule has 8 heterocycles. The number of hydrogen-bond acceptors (Lipinski definition) is 12. The standard InChI is InChI=1S/2C24H21F3N6O2/c2*1-15-13-32(14-28-15)19-9-7-16(29-23(19)34-2)8-10-20-30-22-21(35-12-11-33(22)31-20)17-5-3-4-6-18(17)24(25,26)27/h2*3-10,13-14,21H,11-12H2,1-2H3/b2*10-8+/t2*21-/m10/s1. The van der Waals surface area contributed by atoms with Gasteiger partial charge in [0.2, 0.25) is 11.8 Å². The highest BCUT2D eigenvalue weighted by molar-refractivity contribution is 5.67. The van der Waals surface area contributed by atoms with Crippen molar-refractivity contribution in [2.75, 3.05) is 27.4 Å². The van der Waals surface area contributed by atoms with Gasteiger partial charge in [-0.05, 0) is 74.5 Å². The molecule has 2 aliphatic rings. The van der Waals surface area contributed by atoms with Crippen LogP contribution in [0.25, 0.3) is 35.7 Å². The SMILES string of the molecule is COc1nc(/C=C/c2nc3n(n2)CCO[C@@H]3c2ccccc2C(F)(F)F)ccc1-n1cnc(C)c1.COc1nc(/C=C/c2nc3n(n2)CCO[C@H]3c2ccccc2C(F)(F)F)ccc1-n1cnc(C)c1. The Kier molecular flexibility index (Phi) is 13.2. The minimum atomic E-state index is -4.50. The molecular weight excluding hydrogens is 923 g/mol. The fourth-order valence-electron chi connectivity index (χ4n) is 7.89. The van der Waals surface area contributed by atoms with Gasteiger partial charge >= 0.3 is 12.4 Å². The van der Waals surface area contributed by atoms with Gasteiger partial charge in [-0.2, -0.15) is 36.5 Å². The van der Waals surface area contributed by atoms with Crippen molar-refractivity contribution in [2.24, 2.45) is 0 Å². The smallest absolute Gasteiger partial charge is 0.416 e. The van der Waals surface area contributed by atoms with Crippen molar-refractivity contribution < 1.29 is 45.3 Å². The Hall–Kier alpha value is -7.98. The third-order valence-corrected chi connectivity index (χ3v) is 11.1. The van der Waals surface area contributed by atoms with E-state index >= 15 is 0 Å². The van der Waals surface area contributed by atoms with Crippen LogP contribution < -0.4 is 9.47 Å². The average molecular weight is 965 g/mol. The molecule has 0 bridgehead atoms. The topological polar surface area (TPSA) is 160 Å². The summed E-state index contributed by atoms with van der Waals surface area (Å²) in [5, 5.41) is 8.86. The molecule has 0 spiro atoms. The number of benzene rings is 2. The van der Waals surface area contributed by atoms with Crippen LogP contribution >= 0.6 is 0 Å². The fourth-order valence-corrected chi connectivity index (χ4v) is 7.89. The van der Waals surface area contributed by atoms with Crippen LogP contribution in [0.5, 0.6) is 11.8 Å². The first-order chi connectivity index (χ1) is 33.7. The molecule has 0 radical (unpaired) electrons. The van der Waals surface area contributed by atoms with E-state index in [1.807, 2.05) is 59.6 Å². The Morgan fingerprint density at radius 1 is 0.557 bits per heavy atom. The molecule has 0 aliphatic carbocycles. The molecule has 70 heavy (non-hydrogen) atoms. The second kappa shape index (κ2) is 19.6.